The number of hydrogen-bond donors (Lipinski definition) is 2. The van der Waals surface area contributed by atoms with Crippen LogP contribution in [0.3, 0.4) is 0 Å². The first-order valence-corrected chi connectivity index (χ1v) is 13.6. The van der Waals surface area contributed by atoms with Crippen molar-refractivity contribution in [2.45, 2.75) is 37.1 Å². The van der Waals surface area contributed by atoms with Crippen molar-refractivity contribution in [1.29, 1.82) is 0 Å². The molecule has 10 heteroatoms. The number of rotatable bonds is 9. The van der Waals surface area contributed by atoms with Crippen molar-refractivity contribution in [3.8, 4) is 23.3 Å². The Labute approximate surface area is 247 Å². The summed E-state index contributed by atoms with van der Waals surface area (Å²) in [6, 6.07) is 24.2. The van der Waals surface area contributed by atoms with Crippen molar-refractivity contribution >= 4 is 0 Å². The zero-order valence-corrected chi connectivity index (χ0v) is 23.8. The number of alkyl halides is 1. The number of aliphatic hydroxyl groups excluding tert-OH is 1. The summed E-state index contributed by atoms with van der Waals surface area (Å²) < 4.78 is 39.8. The molecule has 9 nitrogen and oxygen atoms in total. The van der Waals surface area contributed by atoms with Crippen LogP contribution in [0.5, 0.6) is 11.5 Å². The van der Waals surface area contributed by atoms with Crippen LogP contribution < -0.4 is 20.7 Å². The van der Waals surface area contributed by atoms with E-state index in [1.165, 1.54) is 6.92 Å². The van der Waals surface area contributed by atoms with Crippen LogP contribution >= 0.6 is 0 Å². The van der Waals surface area contributed by atoms with Gasteiger partial charge in [0.2, 0.25) is 0 Å². The van der Waals surface area contributed by atoms with Gasteiger partial charge in [0.05, 0.1) is 20.8 Å². The van der Waals surface area contributed by atoms with Gasteiger partial charge in [-0.15, -0.1) is 5.92 Å². The molecule has 5 rings (SSSR count). The van der Waals surface area contributed by atoms with E-state index in [1.54, 1.807) is 14.2 Å². The molecule has 0 saturated carbocycles. The molecule has 2 N–H and O–H groups in total. The summed E-state index contributed by atoms with van der Waals surface area (Å²) in [4.78, 5) is 26.8. The monoisotopic (exact) mass is 586 g/mol. The maximum atomic E-state index is 15.5. The molecule has 222 valence electrons. The average molecular weight is 587 g/mol. The molecule has 1 aromatic heterocycles. The Bertz CT molecular complexity index is 1680. The van der Waals surface area contributed by atoms with Gasteiger partial charge in [-0.25, -0.2) is 9.18 Å². The molecule has 0 aliphatic carbocycles. The maximum Gasteiger partial charge on any atom is 0.330 e. The van der Waals surface area contributed by atoms with E-state index in [4.69, 9.17) is 18.9 Å². The molecular weight excluding hydrogens is 555 g/mol. The van der Waals surface area contributed by atoms with Crippen LogP contribution in [0.1, 0.15) is 35.4 Å². The van der Waals surface area contributed by atoms with E-state index < -0.39 is 41.5 Å². The van der Waals surface area contributed by atoms with Crippen LogP contribution in [-0.4, -0.2) is 53.9 Å². The molecule has 4 atom stereocenters. The zero-order chi connectivity index (χ0) is 30.6. The highest BCUT2D eigenvalue weighted by Crippen LogP contribution is 2.43. The second-order valence-electron chi connectivity index (χ2n) is 9.90. The van der Waals surface area contributed by atoms with Gasteiger partial charge in [-0.3, -0.25) is 14.3 Å². The van der Waals surface area contributed by atoms with Gasteiger partial charge < -0.3 is 24.1 Å². The predicted octanol–water partition coefficient (Wildman–Crippen LogP) is 3.53. The van der Waals surface area contributed by atoms with Crippen LogP contribution in [-0.2, 0) is 15.1 Å². The molecule has 4 aromatic rings. The number of nitrogens with one attached hydrogen (secondary N) is 1. The van der Waals surface area contributed by atoms with Gasteiger partial charge in [0.25, 0.3) is 5.56 Å². The molecule has 0 spiro atoms. The van der Waals surface area contributed by atoms with Crippen molar-refractivity contribution in [3.63, 3.8) is 0 Å². The van der Waals surface area contributed by atoms with E-state index in [0.29, 0.717) is 11.5 Å². The summed E-state index contributed by atoms with van der Waals surface area (Å²) in [5.41, 5.74) is -0.597. The minimum Gasteiger partial charge on any atom is -0.497 e. The third-order valence-corrected chi connectivity index (χ3v) is 7.43. The fraction of sp³-hybridized carbons (Fsp3) is 0.273. The topological polar surface area (TPSA) is 112 Å². The summed E-state index contributed by atoms with van der Waals surface area (Å²) in [7, 11) is 3.15. The molecule has 2 heterocycles. The second kappa shape index (κ2) is 12.7. The Balaban J connectivity index is 1.56. The first-order valence-electron chi connectivity index (χ1n) is 13.6. The van der Waals surface area contributed by atoms with E-state index in [0.717, 1.165) is 27.5 Å². The summed E-state index contributed by atoms with van der Waals surface area (Å²) in [5.74, 6) is 6.47. The Morgan fingerprint density at radius 2 is 1.49 bits per heavy atom. The first-order chi connectivity index (χ1) is 20.8. The van der Waals surface area contributed by atoms with Gasteiger partial charge in [-0.1, -0.05) is 60.5 Å². The molecule has 0 bridgehead atoms. The summed E-state index contributed by atoms with van der Waals surface area (Å²) in [6.45, 7) is 1.27. The van der Waals surface area contributed by atoms with E-state index >= 15 is 4.39 Å². The molecule has 0 amide bonds. The highest BCUT2D eigenvalue weighted by atomic mass is 19.1. The third kappa shape index (κ3) is 5.70. The molecule has 1 aliphatic rings. The SMILES string of the molecule is CC#Cc1cn(C2OC(COC(c3ccccc3)(c3ccc(OC)cc3)c3ccc(OC)cc3)[C@H](O)[C@@H]2F)c(=O)[nH]c1=O. The fourth-order valence-corrected chi connectivity index (χ4v) is 5.24. The van der Waals surface area contributed by atoms with Crippen molar-refractivity contribution in [2.75, 3.05) is 20.8 Å². The lowest BCUT2D eigenvalue weighted by Gasteiger charge is -2.37. The normalized spacial score (nSPS) is 19.8. The largest absolute Gasteiger partial charge is 0.497 e. The van der Waals surface area contributed by atoms with Crippen LogP contribution in [0.4, 0.5) is 4.39 Å². The average Bonchev–Trinajstić information content (AvgIpc) is 3.32. The molecule has 1 fully saturated rings. The standard InChI is InChI=1S/C33H31FN2O7/c1-4-8-21-19-36(32(39)35-30(21)38)31-28(34)29(37)27(43-31)20-42-33(22-9-6-5-7-10-22,23-11-15-25(40-2)16-12-23)24-13-17-26(41-3)18-14-24/h5-7,9-19,27-29,31,37H,20H2,1-3H3,(H,35,38,39)/t27?,28-,29-,31?/m0/s1. The summed E-state index contributed by atoms with van der Waals surface area (Å²) in [5, 5.41) is 10.9. The lowest BCUT2D eigenvalue weighted by atomic mass is 9.80. The lowest BCUT2D eigenvalue weighted by Crippen LogP contribution is -2.39. The van der Waals surface area contributed by atoms with E-state index in [-0.39, 0.29) is 12.2 Å². The van der Waals surface area contributed by atoms with E-state index in [9.17, 15) is 14.7 Å². The Hall–Kier alpha value is -4.69. The minimum absolute atomic E-state index is 0.0332. The van der Waals surface area contributed by atoms with Crippen LogP contribution in [0.25, 0.3) is 0 Å². The summed E-state index contributed by atoms with van der Waals surface area (Å²) >= 11 is 0. The van der Waals surface area contributed by atoms with Crippen LogP contribution in [0.15, 0.2) is 94.6 Å². The Morgan fingerprint density at radius 1 is 0.930 bits per heavy atom. The van der Waals surface area contributed by atoms with Gasteiger partial charge in [0.15, 0.2) is 12.4 Å². The minimum atomic E-state index is -1.99. The number of ether oxygens (including phenoxy) is 4. The number of H-pyrrole nitrogens is 1. The molecule has 2 unspecified atom stereocenters. The number of aromatic nitrogens is 2. The first kappa shape index (κ1) is 29.8. The van der Waals surface area contributed by atoms with Gasteiger partial charge in [0, 0.05) is 6.20 Å². The van der Waals surface area contributed by atoms with Crippen LogP contribution in [0, 0.1) is 11.8 Å². The number of aliphatic hydroxyl groups is 1. The van der Waals surface area contributed by atoms with Crippen molar-refractivity contribution in [2.24, 2.45) is 0 Å². The number of aromatic amines is 1. The highest BCUT2D eigenvalue weighted by Gasteiger charge is 2.48. The number of methoxy groups -OCH3 is 2. The number of hydrogen-bond acceptors (Lipinski definition) is 7. The lowest BCUT2D eigenvalue weighted by molar-refractivity contribution is -0.0950. The molecule has 1 saturated heterocycles. The van der Waals surface area contributed by atoms with E-state index in [2.05, 4.69) is 16.8 Å². The summed E-state index contributed by atoms with van der Waals surface area (Å²) in [6.07, 6.45) is -5.18. The maximum absolute atomic E-state index is 15.5. The fourth-order valence-electron chi connectivity index (χ4n) is 5.24. The Kier molecular flexibility index (Phi) is 8.78. The smallest absolute Gasteiger partial charge is 0.330 e. The molecule has 1 aliphatic heterocycles. The van der Waals surface area contributed by atoms with Gasteiger partial charge >= 0.3 is 5.69 Å². The predicted molar refractivity (Wildman–Crippen MR) is 157 cm³/mol. The number of nitrogens with zero attached hydrogens (tertiary/aromatic N) is 1. The van der Waals surface area contributed by atoms with Gasteiger partial charge in [-0.05, 0) is 47.9 Å². The third-order valence-electron chi connectivity index (χ3n) is 7.43. The highest BCUT2D eigenvalue weighted by molar-refractivity contribution is 5.49. The number of benzene rings is 3. The van der Waals surface area contributed by atoms with Crippen molar-refractivity contribution in [3.05, 3.63) is 128 Å². The van der Waals surface area contributed by atoms with Crippen molar-refractivity contribution < 1.29 is 28.4 Å². The quantitative estimate of drug-likeness (QED) is 0.228. The second-order valence-corrected chi connectivity index (χ2v) is 9.90. The van der Waals surface area contributed by atoms with Gasteiger partial charge in [-0.2, -0.15) is 0 Å². The van der Waals surface area contributed by atoms with Crippen LogP contribution in [0.2, 0.25) is 0 Å². The Morgan fingerprint density at radius 3 is 2.02 bits per heavy atom. The van der Waals surface area contributed by atoms with Gasteiger partial charge in [0.1, 0.15) is 34.9 Å². The molecule has 3 aromatic carbocycles. The molecule has 43 heavy (non-hydrogen) atoms. The number of halogens is 1. The molecular formula is C33H31FN2O7. The molecule has 0 radical (unpaired) electrons. The van der Waals surface area contributed by atoms with E-state index in [1.807, 2.05) is 78.9 Å². The van der Waals surface area contributed by atoms with Crippen molar-refractivity contribution in [1.82, 2.24) is 9.55 Å². The zero-order valence-electron chi connectivity index (χ0n) is 23.8.